The van der Waals surface area contributed by atoms with Crippen LogP contribution in [0.25, 0.3) is 11.4 Å². The number of nitrogens with zero attached hydrogens (tertiary/aromatic N) is 6. The molecule has 1 atom stereocenters. The van der Waals surface area contributed by atoms with Gasteiger partial charge in [-0.3, -0.25) is 14.9 Å². The summed E-state index contributed by atoms with van der Waals surface area (Å²) in [6, 6.07) is 3.70. The standard InChI is InChI=1S/C20H23N7O/c1-12(2)17-19-22-18(13-5-4-8-21-11-13)25-27(19)10-9-26(17)20(28)16-14-6-3-7-15(14)23-24-16/h4-5,8,11-12,17H,3,6-7,9-10H2,1-2H3,(H,23,24)/t17-/m1/s1. The molecule has 5 rings (SSSR count). The molecule has 1 aliphatic carbocycles. The highest BCUT2D eigenvalue weighted by Gasteiger charge is 2.38. The molecule has 0 bridgehead atoms. The lowest BCUT2D eigenvalue weighted by Gasteiger charge is -2.37. The monoisotopic (exact) mass is 377 g/mol. The Morgan fingerprint density at radius 3 is 2.96 bits per heavy atom. The van der Waals surface area contributed by atoms with Crippen molar-refractivity contribution in [3.05, 3.63) is 47.3 Å². The van der Waals surface area contributed by atoms with Gasteiger partial charge in [0.25, 0.3) is 5.91 Å². The van der Waals surface area contributed by atoms with Crippen LogP contribution in [-0.2, 0) is 19.4 Å². The number of aryl methyl sites for hydroxylation is 1. The number of rotatable bonds is 3. The van der Waals surface area contributed by atoms with Crippen molar-refractivity contribution in [2.24, 2.45) is 5.92 Å². The van der Waals surface area contributed by atoms with Gasteiger partial charge < -0.3 is 4.90 Å². The lowest BCUT2D eigenvalue weighted by molar-refractivity contribution is 0.0529. The zero-order valence-electron chi connectivity index (χ0n) is 16.1. The summed E-state index contributed by atoms with van der Waals surface area (Å²) in [5, 5.41) is 12.1. The molecule has 1 amide bonds. The molecule has 0 aromatic carbocycles. The van der Waals surface area contributed by atoms with Gasteiger partial charge in [-0.05, 0) is 37.3 Å². The highest BCUT2D eigenvalue weighted by Crippen LogP contribution is 2.34. The maximum Gasteiger partial charge on any atom is 0.275 e. The van der Waals surface area contributed by atoms with Crippen molar-refractivity contribution in [1.82, 2.24) is 34.8 Å². The molecular formula is C20H23N7O. The molecule has 28 heavy (non-hydrogen) atoms. The van der Waals surface area contributed by atoms with Crippen molar-refractivity contribution in [3.63, 3.8) is 0 Å². The Balaban J connectivity index is 1.51. The third-order valence-corrected chi connectivity index (χ3v) is 5.67. The lowest BCUT2D eigenvalue weighted by Crippen LogP contribution is -2.45. The Kier molecular flexibility index (Phi) is 3.99. The van der Waals surface area contributed by atoms with E-state index in [1.807, 2.05) is 21.7 Å². The van der Waals surface area contributed by atoms with Crippen LogP contribution >= 0.6 is 0 Å². The van der Waals surface area contributed by atoms with Crippen LogP contribution in [0.5, 0.6) is 0 Å². The van der Waals surface area contributed by atoms with E-state index in [1.165, 1.54) is 0 Å². The third kappa shape index (κ3) is 2.63. The smallest absolute Gasteiger partial charge is 0.275 e. The maximum absolute atomic E-state index is 13.4. The van der Waals surface area contributed by atoms with Gasteiger partial charge in [0.05, 0.1) is 12.6 Å². The molecule has 0 saturated carbocycles. The van der Waals surface area contributed by atoms with Crippen LogP contribution in [0.1, 0.15) is 53.9 Å². The molecule has 0 spiro atoms. The summed E-state index contributed by atoms with van der Waals surface area (Å²) in [6.45, 7) is 5.47. The second-order valence-corrected chi connectivity index (χ2v) is 7.83. The van der Waals surface area contributed by atoms with Crippen LogP contribution in [0, 0.1) is 5.92 Å². The summed E-state index contributed by atoms with van der Waals surface area (Å²) < 4.78 is 1.94. The minimum absolute atomic E-state index is 0.00437. The van der Waals surface area contributed by atoms with E-state index in [2.05, 4.69) is 34.1 Å². The lowest BCUT2D eigenvalue weighted by atomic mass is 9.99. The average Bonchev–Trinajstić information content (AvgIpc) is 3.42. The predicted molar refractivity (Wildman–Crippen MR) is 102 cm³/mol. The number of aromatic amines is 1. The van der Waals surface area contributed by atoms with Crippen molar-refractivity contribution in [2.75, 3.05) is 6.54 Å². The minimum Gasteiger partial charge on any atom is -0.325 e. The van der Waals surface area contributed by atoms with E-state index < -0.39 is 0 Å². The number of aromatic nitrogens is 6. The molecule has 1 aliphatic heterocycles. The number of fused-ring (bicyclic) bond motifs is 2. The fourth-order valence-corrected chi connectivity index (χ4v) is 4.35. The predicted octanol–water partition coefficient (Wildman–Crippen LogP) is 2.41. The van der Waals surface area contributed by atoms with Crippen LogP contribution in [-0.4, -0.2) is 47.3 Å². The zero-order chi connectivity index (χ0) is 19.3. The Morgan fingerprint density at radius 2 is 2.18 bits per heavy atom. The van der Waals surface area contributed by atoms with E-state index in [9.17, 15) is 4.79 Å². The first-order valence-corrected chi connectivity index (χ1v) is 9.85. The molecule has 0 fully saturated rings. The zero-order valence-corrected chi connectivity index (χ0v) is 16.1. The van der Waals surface area contributed by atoms with Crippen LogP contribution in [0.4, 0.5) is 0 Å². The Morgan fingerprint density at radius 1 is 1.29 bits per heavy atom. The maximum atomic E-state index is 13.4. The van der Waals surface area contributed by atoms with Crippen LogP contribution in [0.2, 0.25) is 0 Å². The minimum atomic E-state index is -0.132. The molecule has 144 valence electrons. The number of carbonyl (C=O) groups is 1. The molecule has 1 N–H and O–H groups in total. The van der Waals surface area contributed by atoms with E-state index in [0.29, 0.717) is 24.6 Å². The van der Waals surface area contributed by atoms with Crippen molar-refractivity contribution in [1.29, 1.82) is 0 Å². The van der Waals surface area contributed by atoms with Crippen molar-refractivity contribution < 1.29 is 4.79 Å². The number of nitrogens with one attached hydrogen (secondary N) is 1. The number of pyridine rings is 1. The molecule has 0 saturated heterocycles. The van der Waals surface area contributed by atoms with Gasteiger partial charge in [-0.2, -0.15) is 10.2 Å². The van der Waals surface area contributed by atoms with Gasteiger partial charge in [-0.15, -0.1) is 0 Å². The average molecular weight is 377 g/mol. The first-order chi connectivity index (χ1) is 13.6. The van der Waals surface area contributed by atoms with E-state index in [0.717, 1.165) is 41.9 Å². The fraction of sp³-hybridized carbons (Fsp3) is 0.450. The summed E-state index contributed by atoms with van der Waals surface area (Å²) in [5.74, 6) is 1.69. The number of H-pyrrole nitrogens is 1. The van der Waals surface area contributed by atoms with E-state index in [-0.39, 0.29) is 17.9 Å². The Labute approximate surface area is 163 Å². The molecule has 8 nitrogen and oxygen atoms in total. The highest BCUT2D eigenvalue weighted by molar-refractivity contribution is 5.94. The fourth-order valence-electron chi connectivity index (χ4n) is 4.35. The quantitative estimate of drug-likeness (QED) is 0.757. The number of hydrogen-bond donors (Lipinski definition) is 1. The van der Waals surface area contributed by atoms with Gasteiger partial charge in [0, 0.05) is 35.8 Å². The van der Waals surface area contributed by atoms with Gasteiger partial charge in [-0.25, -0.2) is 9.67 Å². The van der Waals surface area contributed by atoms with Gasteiger partial charge in [0.2, 0.25) is 0 Å². The summed E-state index contributed by atoms with van der Waals surface area (Å²) in [6.07, 6.45) is 6.49. The second-order valence-electron chi connectivity index (χ2n) is 7.83. The van der Waals surface area contributed by atoms with Crippen LogP contribution < -0.4 is 0 Å². The molecule has 8 heteroatoms. The Hall–Kier alpha value is -3.03. The summed E-state index contributed by atoms with van der Waals surface area (Å²) in [4.78, 5) is 24.3. The van der Waals surface area contributed by atoms with Crippen molar-refractivity contribution >= 4 is 5.91 Å². The molecule has 3 aromatic rings. The molecule has 4 heterocycles. The SMILES string of the molecule is CC(C)[C@@H]1c2nc(-c3cccnc3)nn2CCN1C(=O)c1n[nH]c2c1CCC2. The summed E-state index contributed by atoms with van der Waals surface area (Å²) in [5.41, 5.74) is 3.67. The van der Waals surface area contributed by atoms with E-state index in [4.69, 9.17) is 4.98 Å². The van der Waals surface area contributed by atoms with E-state index in [1.54, 1.807) is 12.4 Å². The topological polar surface area (TPSA) is 92.6 Å². The first-order valence-electron chi connectivity index (χ1n) is 9.85. The first kappa shape index (κ1) is 17.1. The normalized spacial score (nSPS) is 18.4. The number of amides is 1. The van der Waals surface area contributed by atoms with Gasteiger partial charge in [-0.1, -0.05) is 13.8 Å². The molecular weight excluding hydrogens is 354 g/mol. The number of carbonyl (C=O) groups excluding carboxylic acids is 1. The second kappa shape index (κ2) is 6.54. The van der Waals surface area contributed by atoms with Crippen molar-refractivity contribution in [3.8, 4) is 11.4 Å². The third-order valence-electron chi connectivity index (χ3n) is 5.67. The highest BCUT2D eigenvalue weighted by atomic mass is 16.2. The van der Waals surface area contributed by atoms with Gasteiger partial charge >= 0.3 is 0 Å². The summed E-state index contributed by atoms with van der Waals surface area (Å²) >= 11 is 0. The molecule has 3 aromatic heterocycles. The molecule has 0 radical (unpaired) electrons. The van der Waals surface area contributed by atoms with Crippen LogP contribution in [0.15, 0.2) is 24.5 Å². The Bertz CT molecular complexity index is 1020. The van der Waals surface area contributed by atoms with Crippen LogP contribution in [0.3, 0.4) is 0 Å². The van der Waals surface area contributed by atoms with E-state index >= 15 is 0 Å². The summed E-state index contributed by atoms with van der Waals surface area (Å²) in [7, 11) is 0. The van der Waals surface area contributed by atoms with Crippen molar-refractivity contribution in [2.45, 2.75) is 45.7 Å². The largest absolute Gasteiger partial charge is 0.325 e. The number of hydrogen-bond acceptors (Lipinski definition) is 5. The molecule has 2 aliphatic rings. The molecule has 0 unspecified atom stereocenters. The van der Waals surface area contributed by atoms with Gasteiger partial charge in [0.1, 0.15) is 0 Å². The van der Waals surface area contributed by atoms with Gasteiger partial charge in [0.15, 0.2) is 17.3 Å².